The van der Waals surface area contributed by atoms with E-state index in [1.54, 1.807) is 42.5 Å². The Labute approximate surface area is 126 Å². The van der Waals surface area contributed by atoms with Gasteiger partial charge in [-0.1, -0.05) is 53.5 Å². The number of hydrogen-bond acceptors (Lipinski definition) is 2. The summed E-state index contributed by atoms with van der Waals surface area (Å²) in [5.74, 6) is -1.34. The molecule has 1 atom stereocenters. The monoisotopic (exact) mass is 304 g/mol. The van der Waals surface area contributed by atoms with Crippen molar-refractivity contribution in [3.8, 4) is 6.07 Å². The van der Waals surface area contributed by atoms with E-state index in [1.807, 2.05) is 12.1 Å². The molecule has 1 unspecified atom stereocenters. The molecule has 0 aliphatic carbocycles. The first-order valence-corrected chi connectivity index (χ1v) is 6.58. The number of benzene rings is 2. The average Bonchev–Trinajstić information content (AvgIpc) is 2.45. The maximum atomic E-state index is 12.2. The number of nitrogens with zero attached hydrogens (tertiary/aromatic N) is 1. The van der Waals surface area contributed by atoms with Crippen LogP contribution in [0.25, 0.3) is 0 Å². The van der Waals surface area contributed by atoms with Crippen molar-refractivity contribution in [3.63, 3.8) is 0 Å². The first-order chi connectivity index (χ1) is 9.61. The molecule has 2 rings (SSSR count). The molecule has 2 aromatic carbocycles. The van der Waals surface area contributed by atoms with Crippen molar-refractivity contribution in [2.45, 2.75) is 5.92 Å². The van der Waals surface area contributed by atoms with Crippen molar-refractivity contribution in [1.29, 1.82) is 5.26 Å². The van der Waals surface area contributed by atoms with Crippen LogP contribution < -0.4 is 5.32 Å². The molecule has 3 nitrogen and oxygen atoms in total. The maximum absolute atomic E-state index is 12.2. The highest BCUT2D eigenvalue weighted by Crippen LogP contribution is 2.27. The van der Waals surface area contributed by atoms with Gasteiger partial charge in [-0.25, -0.2) is 0 Å². The lowest BCUT2D eigenvalue weighted by Gasteiger charge is -2.11. The van der Waals surface area contributed by atoms with Gasteiger partial charge in [0.25, 0.3) is 0 Å². The Hall–Kier alpha value is -2.02. The molecule has 0 aliphatic rings. The molecule has 100 valence electrons. The van der Waals surface area contributed by atoms with E-state index in [-0.39, 0.29) is 0 Å². The predicted molar refractivity (Wildman–Crippen MR) is 79.9 cm³/mol. The average molecular weight is 305 g/mol. The SMILES string of the molecule is N#CC(C(=O)Nc1cc(Cl)ccc1Cl)c1ccccc1. The molecule has 0 bridgehead atoms. The quantitative estimate of drug-likeness (QED) is 0.922. The van der Waals surface area contributed by atoms with E-state index < -0.39 is 11.8 Å². The Balaban J connectivity index is 2.23. The summed E-state index contributed by atoms with van der Waals surface area (Å²) in [7, 11) is 0. The van der Waals surface area contributed by atoms with Crippen LogP contribution in [0.15, 0.2) is 48.5 Å². The molecule has 0 aliphatic heterocycles. The normalized spacial score (nSPS) is 11.4. The molecule has 0 heterocycles. The van der Waals surface area contributed by atoms with Crippen LogP contribution in [0.1, 0.15) is 11.5 Å². The Bertz CT molecular complexity index is 665. The van der Waals surface area contributed by atoms with Crippen LogP contribution in [0, 0.1) is 11.3 Å². The summed E-state index contributed by atoms with van der Waals surface area (Å²) < 4.78 is 0. The van der Waals surface area contributed by atoms with Crippen LogP contribution in [-0.4, -0.2) is 5.91 Å². The molecular formula is C15H10Cl2N2O. The van der Waals surface area contributed by atoms with Gasteiger partial charge in [-0.15, -0.1) is 0 Å². The maximum Gasteiger partial charge on any atom is 0.246 e. The Morgan fingerprint density at radius 3 is 2.50 bits per heavy atom. The van der Waals surface area contributed by atoms with Crippen molar-refractivity contribution in [2.75, 3.05) is 5.32 Å². The van der Waals surface area contributed by atoms with Gasteiger partial charge in [-0.3, -0.25) is 4.79 Å². The fourth-order valence-corrected chi connectivity index (χ4v) is 2.07. The highest BCUT2D eigenvalue weighted by molar-refractivity contribution is 6.35. The highest BCUT2D eigenvalue weighted by atomic mass is 35.5. The third-order valence-corrected chi connectivity index (χ3v) is 3.28. The first-order valence-electron chi connectivity index (χ1n) is 5.82. The summed E-state index contributed by atoms with van der Waals surface area (Å²) >= 11 is 11.8. The molecule has 0 spiro atoms. The molecule has 2 aromatic rings. The van der Waals surface area contributed by atoms with Crippen LogP contribution in [0.2, 0.25) is 10.0 Å². The van der Waals surface area contributed by atoms with E-state index in [1.165, 1.54) is 0 Å². The third kappa shape index (κ3) is 3.30. The molecule has 1 N–H and O–H groups in total. The van der Waals surface area contributed by atoms with Gasteiger partial charge in [0.1, 0.15) is 0 Å². The minimum Gasteiger partial charge on any atom is -0.323 e. The number of amides is 1. The zero-order chi connectivity index (χ0) is 14.5. The summed E-state index contributed by atoms with van der Waals surface area (Å²) in [5, 5.41) is 12.6. The number of anilines is 1. The summed E-state index contributed by atoms with van der Waals surface area (Å²) in [5.41, 5.74) is 1.02. The van der Waals surface area contributed by atoms with Gasteiger partial charge in [0.15, 0.2) is 5.92 Å². The molecule has 5 heteroatoms. The molecule has 0 radical (unpaired) electrons. The standard InChI is InChI=1S/C15H10Cl2N2O/c16-11-6-7-13(17)14(8-11)19-15(20)12(9-18)10-4-2-1-3-5-10/h1-8,12H,(H,19,20). The molecule has 1 amide bonds. The number of carbonyl (C=O) groups excluding carboxylic acids is 1. The van der Waals surface area contributed by atoms with Gasteiger partial charge in [0.2, 0.25) is 5.91 Å². The lowest BCUT2D eigenvalue weighted by molar-refractivity contribution is -0.116. The Kier molecular flexibility index (Phi) is 4.62. The second-order valence-corrected chi connectivity index (χ2v) is 4.93. The van der Waals surface area contributed by atoms with Crippen molar-refractivity contribution >= 4 is 34.8 Å². The van der Waals surface area contributed by atoms with Crippen molar-refractivity contribution in [1.82, 2.24) is 0 Å². The van der Waals surface area contributed by atoms with Crippen molar-refractivity contribution in [3.05, 3.63) is 64.1 Å². The highest BCUT2D eigenvalue weighted by Gasteiger charge is 2.20. The minimum atomic E-state index is -0.897. The summed E-state index contributed by atoms with van der Waals surface area (Å²) in [6.45, 7) is 0. The fraction of sp³-hybridized carbons (Fsp3) is 0.0667. The molecule has 0 fully saturated rings. The third-order valence-electron chi connectivity index (χ3n) is 2.71. The topological polar surface area (TPSA) is 52.9 Å². The van der Waals surface area contributed by atoms with Crippen LogP contribution in [0.4, 0.5) is 5.69 Å². The number of nitriles is 1. The van der Waals surface area contributed by atoms with E-state index in [9.17, 15) is 10.1 Å². The number of rotatable bonds is 3. The van der Waals surface area contributed by atoms with Crippen LogP contribution in [0.5, 0.6) is 0 Å². The number of halogens is 2. The fourth-order valence-electron chi connectivity index (χ4n) is 1.73. The second-order valence-electron chi connectivity index (χ2n) is 4.09. The summed E-state index contributed by atoms with van der Waals surface area (Å²) in [4.78, 5) is 12.2. The van der Waals surface area contributed by atoms with E-state index in [0.29, 0.717) is 21.3 Å². The van der Waals surface area contributed by atoms with E-state index in [4.69, 9.17) is 23.2 Å². The molecule has 0 aromatic heterocycles. The van der Waals surface area contributed by atoms with E-state index in [2.05, 4.69) is 5.32 Å². The van der Waals surface area contributed by atoms with Crippen molar-refractivity contribution < 1.29 is 4.79 Å². The largest absolute Gasteiger partial charge is 0.323 e. The van der Waals surface area contributed by atoms with Gasteiger partial charge in [-0.05, 0) is 23.8 Å². The predicted octanol–water partition coefficient (Wildman–Crippen LogP) is 4.24. The molecule has 0 saturated heterocycles. The zero-order valence-corrected chi connectivity index (χ0v) is 11.8. The number of carbonyl (C=O) groups is 1. The minimum absolute atomic E-state index is 0.368. The molecule has 20 heavy (non-hydrogen) atoms. The second kappa shape index (κ2) is 6.42. The molecule has 0 saturated carbocycles. The lowest BCUT2D eigenvalue weighted by atomic mass is 10.00. The Morgan fingerprint density at radius 2 is 1.85 bits per heavy atom. The van der Waals surface area contributed by atoms with Gasteiger partial charge >= 0.3 is 0 Å². The van der Waals surface area contributed by atoms with Crippen LogP contribution >= 0.6 is 23.2 Å². The van der Waals surface area contributed by atoms with E-state index >= 15 is 0 Å². The van der Waals surface area contributed by atoms with Gasteiger partial charge in [-0.2, -0.15) is 5.26 Å². The summed E-state index contributed by atoms with van der Waals surface area (Å²) in [6, 6.07) is 15.6. The van der Waals surface area contributed by atoms with Gasteiger partial charge in [0.05, 0.1) is 16.8 Å². The van der Waals surface area contributed by atoms with Gasteiger partial charge < -0.3 is 5.32 Å². The zero-order valence-electron chi connectivity index (χ0n) is 10.3. The van der Waals surface area contributed by atoms with Crippen molar-refractivity contribution in [2.24, 2.45) is 0 Å². The van der Waals surface area contributed by atoms with Crippen LogP contribution in [-0.2, 0) is 4.79 Å². The molecular weight excluding hydrogens is 295 g/mol. The Morgan fingerprint density at radius 1 is 1.15 bits per heavy atom. The number of hydrogen-bond donors (Lipinski definition) is 1. The lowest BCUT2D eigenvalue weighted by Crippen LogP contribution is -2.20. The van der Waals surface area contributed by atoms with Gasteiger partial charge in [0, 0.05) is 5.02 Å². The van der Waals surface area contributed by atoms with Crippen LogP contribution in [0.3, 0.4) is 0 Å². The smallest absolute Gasteiger partial charge is 0.246 e. The first kappa shape index (κ1) is 14.4. The summed E-state index contributed by atoms with van der Waals surface area (Å²) in [6.07, 6.45) is 0. The number of nitrogens with one attached hydrogen (secondary N) is 1. The van der Waals surface area contributed by atoms with E-state index in [0.717, 1.165) is 0 Å².